The molecule has 1 aliphatic carbocycles. The van der Waals surface area contributed by atoms with Gasteiger partial charge >= 0.3 is 5.97 Å². The van der Waals surface area contributed by atoms with Crippen LogP contribution in [0, 0.1) is 0 Å². The first-order chi connectivity index (χ1) is 10.8. The van der Waals surface area contributed by atoms with Crippen molar-refractivity contribution in [3.8, 4) is 0 Å². The normalized spacial score (nSPS) is 18.4. The minimum atomic E-state index is -0.625. The summed E-state index contributed by atoms with van der Waals surface area (Å²) in [7, 11) is 0. The Labute approximate surface area is 136 Å². The van der Waals surface area contributed by atoms with E-state index in [1.807, 2.05) is 20.8 Å². The zero-order valence-electron chi connectivity index (χ0n) is 13.8. The molecular weight excluding hydrogens is 294 g/mol. The number of nitrogens with one attached hydrogen (secondary N) is 1. The lowest BCUT2D eigenvalue weighted by molar-refractivity contribution is -0.129. The van der Waals surface area contributed by atoms with Crippen molar-refractivity contribution < 1.29 is 19.1 Å². The Bertz CT molecular complexity index is 598. The van der Waals surface area contributed by atoms with E-state index in [1.165, 1.54) is 0 Å². The van der Waals surface area contributed by atoms with Crippen LogP contribution in [0.5, 0.6) is 0 Å². The van der Waals surface area contributed by atoms with Gasteiger partial charge < -0.3 is 10.1 Å². The summed E-state index contributed by atoms with van der Waals surface area (Å²) in [6.45, 7) is 5.70. The molecule has 1 atom stereocenters. The molecule has 0 spiro atoms. The molecule has 1 amide bonds. The lowest BCUT2D eigenvalue weighted by Crippen LogP contribution is -2.40. The maximum Gasteiger partial charge on any atom is 0.338 e. The molecule has 5 nitrogen and oxygen atoms in total. The number of rotatable bonds is 3. The summed E-state index contributed by atoms with van der Waals surface area (Å²) >= 11 is 0. The van der Waals surface area contributed by atoms with Crippen molar-refractivity contribution in [2.24, 2.45) is 0 Å². The number of hydrogen-bond acceptors (Lipinski definition) is 4. The summed E-state index contributed by atoms with van der Waals surface area (Å²) in [5.74, 6) is -0.723. The molecule has 1 aromatic carbocycles. The summed E-state index contributed by atoms with van der Waals surface area (Å²) in [4.78, 5) is 35.8. The quantitative estimate of drug-likeness (QED) is 0.870. The van der Waals surface area contributed by atoms with Crippen LogP contribution in [0.15, 0.2) is 24.3 Å². The van der Waals surface area contributed by atoms with Gasteiger partial charge in [0.05, 0.1) is 5.56 Å². The topological polar surface area (TPSA) is 72.5 Å². The van der Waals surface area contributed by atoms with E-state index in [4.69, 9.17) is 4.74 Å². The second kappa shape index (κ2) is 6.94. The number of ketones is 1. The minimum absolute atomic E-state index is 0.00854. The Morgan fingerprint density at radius 1 is 1.09 bits per heavy atom. The van der Waals surface area contributed by atoms with Crippen LogP contribution in [0.3, 0.4) is 0 Å². The van der Waals surface area contributed by atoms with Crippen molar-refractivity contribution in [1.82, 2.24) is 5.32 Å². The zero-order valence-corrected chi connectivity index (χ0v) is 13.8. The fourth-order valence-electron chi connectivity index (χ4n) is 2.44. The number of ether oxygens (including phenoxy) is 1. The van der Waals surface area contributed by atoms with Crippen LogP contribution in [-0.4, -0.2) is 29.3 Å². The molecule has 0 radical (unpaired) electrons. The van der Waals surface area contributed by atoms with E-state index >= 15 is 0 Å². The summed E-state index contributed by atoms with van der Waals surface area (Å²) in [5, 5.41) is 2.86. The third-order valence-corrected chi connectivity index (χ3v) is 3.62. The molecule has 0 saturated heterocycles. The van der Waals surface area contributed by atoms with Crippen molar-refractivity contribution in [3.63, 3.8) is 0 Å². The van der Waals surface area contributed by atoms with Gasteiger partial charge in [0.2, 0.25) is 0 Å². The van der Waals surface area contributed by atoms with Crippen molar-refractivity contribution in [3.05, 3.63) is 35.4 Å². The van der Waals surface area contributed by atoms with E-state index in [1.54, 1.807) is 24.3 Å². The first-order valence-corrected chi connectivity index (χ1v) is 7.92. The fraction of sp³-hybridized carbons (Fsp3) is 0.500. The van der Waals surface area contributed by atoms with Crippen LogP contribution in [0.4, 0.5) is 0 Å². The van der Waals surface area contributed by atoms with Crippen molar-refractivity contribution in [2.75, 3.05) is 0 Å². The third-order valence-electron chi connectivity index (χ3n) is 3.62. The number of amides is 1. The van der Waals surface area contributed by atoms with Gasteiger partial charge in [-0.3, -0.25) is 9.59 Å². The monoisotopic (exact) mass is 317 g/mol. The van der Waals surface area contributed by atoms with Gasteiger partial charge in [0, 0.05) is 17.5 Å². The van der Waals surface area contributed by atoms with Crippen LogP contribution in [0.2, 0.25) is 0 Å². The molecule has 0 bridgehead atoms. The first kappa shape index (κ1) is 17.2. The Balaban J connectivity index is 2.00. The number of esters is 1. The lowest BCUT2D eigenvalue weighted by Gasteiger charge is -2.21. The van der Waals surface area contributed by atoms with Gasteiger partial charge in [-0.05, 0) is 64.3 Å². The molecule has 1 fully saturated rings. The molecule has 1 saturated carbocycles. The minimum Gasteiger partial charge on any atom is -0.451 e. The molecule has 0 heterocycles. The van der Waals surface area contributed by atoms with E-state index in [0.717, 1.165) is 12.8 Å². The van der Waals surface area contributed by atoms with E-state index in [2.05, 4.69) is 5.32 Å². The van der Waals surface area contributed by atoms with Crippen molar-refractivity contribution >= 4 is 17.7 Å². The molecule has 5 heteroatoms. The van der Waals surface area contributed by atoms with Gasteiger partial charge in [0.25, 0.3) is 5.91 Å². The highest BCUT2D eigenvalue weighted by Gasteiger charge is 2.26. The standard InChI is InChI=1S/C18H23NO4/c1-18(2,3)19-16(21)12-8-10-13(11-9-12)17(22)23-15-7-5-4-6-14(15)20/h8-11,15H,4-7H2,1-3H3,(H,19,21)/t15-/m1/s1. The summed E-state index contributed by atoms with van der Waals surface area (Å²) in [6, 6.07) is 6.27. The predicted octanol–water partition coefficient (Wildman–Crippen LogP) is 2.88. The number of benzene rings is 1. The van der Waals surface area contributed by atoms with Gasteiger partial charge in [0.15, 0.2) is 11.9 Å². The molecule has 124 valence electrons. The predicted molar refractivity (Wildman–Crippen MR) is 86.3 cm³/mol. The molecule has 1 aromatic rings. The Morgan fingerprint density at radius 2 is 1.70 bits per heavy atom. The van der Waals surface area contributed by atoms with Gasteiger partial charge in [0.1, 0.15) is 0 Å². The highest BCUT2D eigenvalue weighted by Crippen LogP contribution is 2.19. The second-order valence-electron chi connectivity index (χ2n) is 6.89. The van der Waals surface area contributed by atoms with Gasteiger partial charge in [-0.2, -0.15) is 0 Å². The van der Waals surface area contributed by atoms with Crippen LogP contribution in [0.25, 0.3) is 0 Å². The van der Waals surface area contributed by atoms with Crippen molar-refractivity contribution in [2.45, 2.75) is 58.1 Å². The van der Waals surface area contributed by atoms with Crippen LogP contribution >= 0.6 is 0 Å². The Hall–Kier alpha value is -2.17. The van der Waals surface area contributed by atoms with Crippen LogP contribution < -0.4 is 5.32 Å². The molecule has 1 aliphatic rings. The molecule has 0 aromatic heterocycles. The fourth-order valence-corrected chi connectivity index (χ4v) is 2.44. The van der Waals surface area contributed by atoms with Gasteiger partial charge in [-0.1, -0.05) is 0 Å². The van der Waals surface area contributed by atoms with Gasteiger partial charge in [-0.15, -0.1) is 0 Å². The number of carbonyl (C=O) groups is 3. The maximum atomic E-state index is 12.1. The largest absolute Gasteiger partial charge is 0.451 e. The van der Waals surface area contributed by atoms with Crippen LogP contribution in [-0.2, 0) is 9.53 Å². The van der Waals surface area contributed by atoms with E-state index in [-0.39, 0.29) is 17.2 Å². The molecular formula is C18H23NO4. The molecule has 2 rings (SSSR count). The summed E-state index contributed by atoms with van der Waals surface area (Å²) in [5.41, 5.74) is 0.497. The molecule has 0 unspecified atom stereocenters. The van der Waals surface area contributed by atoms with E-state index < -0.39 is 12.1 Å². The van der Waals surface area contributed by atoms with Gasteiger partial charge in [-0.25, -0.2) is 4.79 Å². The SMILES string of the molecule is CC(C)(C)NC(=O)c1ccc(C(=O)O[C@@H]2CCCCC2=O)cc1. The lowest BCUT2D eigenvalue weighted by atomic mass is 9.96. The third kappa shape index (κ3) is 4.91. The first-order valence-electron chi connectivity index (χ1n) is 7.92. The average molecular weight is 317 g/mol. The number of hydrogen-bond donors (Lipinski definition) is 1. The highest BCUT2D eigenvalue weighted by molar-refractivity contribution is 5.97. The molecule has 23 heavy (non-hydrogen) atoms. The Kier molecular flexibility index (Phi) is 5.19. The summed E-state index contributed by atoms with van der Waals surface area (Å²) < 4.78 is 5.28. The second-order valence-corrected chi connectivity index (χ2v) is 6.89. The van der Waals surface area contributed by atoms with E-state index in [9.17, 15) is 14.4 Å². The maximum absolute atomic E-state index is 12.1. The van der Waals surface area contributed by atoms with Crippen molar-refractivity contribution in [1.29, 1.82) is 0 Å². The van der Waals surface area contributed by atoms with E-state index in [0.29, 0.717) is 24.0 Å². The smallest absolute Gasteiger partial charge is 0.338 e. The van der Waals surface area contributed by atoms with Crippen LogP contribution in [0.1, 0.15) is 67.2 Å². The Morgan fingerprint density at radius 3 is 2.26 bits per heavy atom. The average Bonchev–Trinajstić information content (AvgIpc) is 2.48. The molecule has 1 N–H and O–H groups in total. The number of carbonyl (C=O) groups excluding carboxylic acids is 3. The highest BCUT2D eigenvalue weighted by atomic mass is 16.5. The summed E-state index contributed by atoms with van der Waals surface area (Å²) in [6.07, 6.45) is 2.21. The number of Topliss-reactive ketones (excluding diaryl/α,β-unsaturated/α-hetero) is 1. The molecule has 0 aliphatic heterocycles. The zero-order chi connectivity index (χ0) is 17.0.